The van der Waals surface area contributed by atoms with E-state index in [0.717, 1.165) is 23.0 Å². The van der Waals surface area contributed by atoms with Gasteiger partial charge in [-0.15, -0.1) is 10.2 Å². The molecule has 1 atom stereocenters. The molecule has 1 aromatic carbocycles. The maximum absolute atomic E-state index is 4.33. The van der Waals surface area contributed by atoms with Crippen molar-refractivity contribution < 1.29 is 0 Å². The molecule has 4 heteroatoms. The first-order chi connectivity index (χ1) is 9.95. The Kier molecular flexibility index (Phi) is 3.74. The molecule has 2 aromatic rings. The molecule has 0 amide bonds. The topological polar surface area (TPSA) is 37.8 Å². The minimum absolute atomic E-state index is 0.202. The van der Waals surface area contributed by atoms with Crippen molar-refractivity contribution in [1.29, 1.82) is 0 Å². The lowest BCUT2D eigenvalue weighted by atomic mass is 9.85. The van der Waals surface area contributed by atoms with Crippen LogP contribution in [0.2, 0.25) is 0 Å². The van der Waals surface area contributed by atoms with E-state index >= 15 is 0 Å². The van der Waals surface area contributed by atoms with Gasteiger partial charge in [0.2, 0.25) is 5.13 Å². The van der Waals surface area contributed by atoms with E-state index in [9.17, 15) is 0 Å². The second kappa shape index (κ2) is 5.41. The molecule has 3 rings (SSSR count). The van der Waals surface area contributed by atoms with Crippen molar-refractivity contribution in [3.63, 3.8) is 0 Å². The second-order valence-electron chi connectivity index (χ2n) is 7.04. The summed E-state index contributed by atoms with van der Waals surface area (Å²) < 4.78 is 0. The molecular weight excluding hydrogens is 278 g/mol. The third-order valence-corrected chi connectivity index (χ3v) is 4.99. The van der Waals surface area contributed by atoms with Gasteiger partial charge in [0.1, 0.15) is 5.01 Å². The summed E-state index contributed by atoms with van der Waals surface area (Å²) in [7, 11) is 0. The summed E-state index contributed by atoms with van der Waals surface area (Å²) in [5, 5.41) is 14.3. The molecule has 0 radical (unpaired) electrons. The van der Waals surface area contributed by atoms with E-state index in [4.69, 9.17) is 0 Å². The summed E-state index contributed by atoms with van der Waals surface area (Å²) in [4.78, 5) is 0. The molecule has 0 saturated carbocycles. The molecule has 1 heterocycles. The number of benzene rings is 1. The van der Waals surface area contributed by atoms with Gasteiger partial charge in [0.25, 0.3) is 0 Å². The lowest BCUT2D eigenvalue weighted by molar-refractivity contribution is 0.337. The van der Waals surface area contributed by atoms with Crippen molar-refractivity contribution in [3.05, 3.63) is 40.4 Å². The first-order valence-corrected chi connectivity index (χ1v) is 8.44. The van der Waals surface area contributed by atoms with Crippen LogP contribution in [0.1, 0.15) is 49.9 Å². The Morgan fingerprint density at radius 1 is 1.29 bits per heavy atom. The molecule has 112 valence electrons. The molecule has 0 aliphatic heterocycles. The third-order valence-electron chi connectivity index (χ3n) is 4.11. The smallest absolute Gasteiger partial charge is 0.206 e. The maximum atomic E-state index is 4.33. The first kappa shape index (κ1) is 14.5. The number of rotatable bonds is 4. The number of anilines is 1. The predicted octanol–water partition coefficient (Wildman–Crippen LogP) is 4.47. The van der Waals surface area contributed by atoms with Crippen LogP contribution < -0.4 is 5.32 Å². The Hall–Kier alpha value is -1.42. The molecule has 1 N–H and O–H groups in total. The Bertz CT molecular complexity index is 630. The van der Waals surface area contributed by atoms with Gasteiger partial charge in [-0.3, -0.25) is 0 Å². The lowest BCUT2D eigenvalue weighted by Crippen LogP contribution is -2.24. The van der Waals surface area contributed by atoms with Gasteiger partial charge in [0.05, 0.1) is 6.04 Å². The fraction of sp³-hybridized carbons (Fsp3) is 0.529. The molecule has 21 heavy (non-hydrogen) atoms. The molecule has 1 unspecified atom stereocenters. The molecule has 0 saturated heterocycles. The van der Waals surface area contributed by atoms with E-state index in [2.05, 4.69) is 67.5 Å². The molecule has 0 spiro atoms. The summed E-state index contributed by atoms with van der Waals surface area (Å²) >= 11 is 1.69. The molecule has 0 bridgehead atoms. The van der Waals surface area contributed by atoms with Crippen molar-refractivity contribution in [3.8, 4) is 0 Å². The van der Waals surface area contributed by atoms with Crippen LogP contribution in [-0.2, 0) is 12.8 Å². The Morgan fingerprint density at radius 3 is 2.81 bits per heavy atom. The molecule has 1 aromatic heterocycles. The highest BCUT2D eigenvalue weighted by Crippen LogP contribution is 2.46. The second-order valence-corrected chi connectivity index (χ2v) is 8.10. The quantitative estimate of drug-likeness (QED) is 0.905. The number of aromatic nitrogens is 2. The van der Waals surface area contributed by atoms with Crippen LogP contribution in [0.15, 0.2) is 24.3 Å². The van der Waals surface area contributed by atoms with Gasteiger partial charge in [-0.05, 0) is 28.9 Å². The number of nitrogens with zero attached hydrogens (tertiary/aromatic N) is 2. The minimum Gasteiger partial charge on any atom is -0.353 e. The summed E-state index contributed by atoms with van der Waals surface area (Å²) in [5.41, 5.74) is 3.06. The predicted molar refractivity (Wildman–Crippen MR) is 88.7 cm³/mol. The Balaban J connectivity index is 1.82. The highest BCUT2D eigenvalue weighted by Gasteiger charge is 2.39. The third kappa shape index (κ3) is 2.95. The van der Waals surface area contributed by atoms with Crippen LogP contribution in [0.4, 0.5) is 5.13 Å². The lowest BCUT2D eigenvalue weighted by Gasteiger charge is -2.28. The highest BCUT2D eigenvalue weighted by molar-refractivity contribution is 7.15. The molecule has 1 aliphatic rings. The van der Waals surface area contributed by atoms with Crippen LogP contribution in [-0.4, -0.2) is 10.2 Å². The summed E-state index contributed by atoms with van der Waals surface area (Å²) in [5.74, 6) is 0.620. The van der Waals surface area contributed by atoms with Gasteiger partial charge in [-0.25, -0.2) is 0 Å². The monoisotopic (exact) mass is 301 g/mol. The molecular formula is C17H23N3S. The summed E-state index contributed by atoms with van der Waals surface area (Å²) in [6.45, 7) is 9.07. The van der Waals surface area contributed by atoms with Gasteiger partial charge < -0.3 is 5.32 Å². The van der Waals surface area contributed by atoms with Gasteiger partial charge in [0, 0.05) is 6.42 Å². The van der Waals surface area contributed by atoms with E-state index in [1.165, 1.54) is 11.1 Å². The zero-order valence-electron chi connectivity index (χ0n) is 13.2. The van der Waals surface area contributed by atoms with Crippen LogP contribution >= 0.6 is 11.3 Å². The summed E-state index contributed by atoms with van der Waals surface area (Å²) in [6.07, 6.45) is 2.11. The van der Waals surface area contributed by atoms with Crippen molar-refractivity contribution in [2.75, 3.05) is 5.32 Å². The molecule has 3 nitrogen and oxygen atoms in total. The van der Waals surface area contributed by atoms with E-state index in [1.807, 2.05) is 0 Å². The fourth-order valence-electron chi connectivity index (χ4n) is 3.13. The van der Waals surface area contributed by atoms with Crippen LogP contribution in [0.5, 0.6) is 0 Å². The average molecular weight is 301 g/mol. The van der Waals surface area contributed by atoms with Gasteiger partial charge >= 0.3 is 0 Å². The van der Waals surface area contributed by atoms with Gasteiger partial charge in [0.15, 0.2) is 0 Å². The van der Waals surface area contributed by atoms with Crippen molar-refractivity contribution in [2.24, 2.45) is 11.3 Å². The number of hydrogen-bond acceptors (Lipinski definition) is 4. The zero-order valence-corrected chi connectivity index (χ0v) is 14.0. The zero-order chi connectivity index (χ0) is 15.0. The van der Waals surface area contributed by atoms with E-state index in [1.54, 1.807) is 11.3 Å². The van der Waals surface area contributed by atoms with E-state index in [0.29, 0.717) is 12.0 Å². The maximum Gasteiger partial charge on any atom is 0.206 e. The van der Waals surface area contributed by atoms with Gasteiger partial charge in [-0.1, -0.05) is 63.3 Å². The first-order valence-electron chi connectivity index (χ1n) is 7.62. The average Bonchev–Trinajstić information content (AvgIpc) is 2.92. The van der Waals surface area contributed by atoms with Crippen LogP contribution in [0.25, 0.3) is 0 Å². The fourth-order valence-corrected chi connectivity index (χ4v) is 4.11. The Morgan fingerprint density at radius 2 is 2.05 bits per heavy atom. The number of nitrogens with one attached hydrogen (secondary N) is 1. The molecule has 1 aliphatic carbocycles. The minimum atomic E-state index is 0.202. The highest BCUT2D eigenvalue weighted by atomic mass is 32.1. The van der Waals surface area contributed by atoms with Crippen LogP contribution in [0.3, 0.4) is 0 Å². The standard InChI is InChI=1S/C17H23N3S/c1-11(2)9-14-19-20-16(21-14)18-15-13-8-6-5-7-12(13)10-17(15,3)4/h5-8,11,15H,9-10H2,1-4H3,(H,18,20). The normalized spacial score (nSPS) is 19.8. The molecule has 0 fully saturated rings. The van der Waals surface area contributed by atoms with E-state index in [-0.39, 0.29) is 5.41 Å². The summed E-state index contributed by atoms with van der Waals surface area (Å²) in [6, 6.07) is 9.04. The largest absolute Gasteiger partial charge is 0.353 e. The van der Waals surface area contributed by atoms with Crippen molar-refractivity contribution >= 4 is 16.5 Å². The SMILES string of the molecule is CC(C)Cc1nnc(NC2c3ccccc3CC2(C)C)s1. The van der Waals surface area contributed by atoms with Crippen molar-refractivity contribution in [1.82, 2.24) is 10.2 Å². The Labute approximate surface area is 130 Å². The van der Waals surface area contributed by atoms with Gasteiger partial charge in [-0.2, -0.15) is 0 Å². The van der Waals surface area contributed by atoms with Crippen molar-refractivity contribution in [2.45, 2.75) is 46.6 Å². The van der Waals surface area contributed by atoms with Crippen LogP contribution in [0, 0.1) is 11.3 Å². The number of fused-ring (bicyclic) bond motifs is 1. The van der Waals surface area contributed by atoms with E-state index < -0.39 is 0 Å². The number of hydrogen-bond donors (Lipinski definition) is 1.